The van der Waals surface area contributed by atoms with E-state index >= 15 is 0 Å². The molecule has 0 aromatic carbocycles. The minimum atomic E-state index is -0.146. The molecule has 0 aromatic rings. The summed E-state index contributed by atoms with van der Waals surface area (Å²) in [5, 5.41) is 8.43. The van der Waals surface area contributed by atoms with Crippen LogP contribution in [-0.4, -0.2) is 3.79 Å². The average Bonchev–Trinajstić information content (AvgIpc) is 2.64. The van der Waals surface area contributed by atoms with Gasteiger partial charge in [-0.1, -0.05) is 6.08 Å². The predicted octanol–water partition coefficient (Wildman–Crippen LogP) is 1.81. The van der Waals surface area contributed by atoms with Crippen molar-refractivity contribution in [2.75, 3.05) is 0 Å². The molecule has 1 aliphatic rings. The molecule has 0 unspecified atom stereocenters. The molecule has 0 amide bonds. The zero-order valence-corrected chi connectivity index (χ0v) is 7.46. The van der Waals surface area contributed by atoms with Gasteiger partial charge in [-0.15, -0.1) is 0 Å². The number of nitrogens with zero attached hydrogens (tertiary/aromatic N) is 1. The molecule has 52 valence electrons. The topological polar surface area (TPSA) is 40.9 Å². The number of hydrogen-bond donors (Lipinski definition) is 0. The standard InChI is InChI=1S/C7H6INO/c8-7(10)6(4-9)3-5-1-2-5/h3,5H,1-2H2/b6-3+. The lowest BCUT2D eigenvalue weighted by molar-refractivity contribution is -0.106. The third-order valence-corrected chi connectivity index (χ3v) is 1.94. The van der Waals surface area contributed by atoms with Crippen molar-refractivity contribution in [3.63, 3.8) is 0 Å². The summed E-state index contributed by atoms with van der Waals surface area (Å²) in [7, 11) is 0. The molecule has 0 radical (unpaired) electrons. The highest BCUT2D eigenvalue weighted by molar-refractivity contribution is 14.1. The van der Waals surface area contributed by atoms with E-state index in [1.54, 1.807) is 28.7 Å². The quantitative estimate of drug-likeness (QED) is 0.323. The average molecular weight is 247 g/mol. The molecule has 1 fully saturated rings. The molecule has 1 rings (SSSR count). The fraction of sp³-hybridized carbons (Fsp3) is 0.429. The number of allylic oxidation sites excluding steroid dienone is 2. The van der Waals surface area contributed by atoms with E-state index in [1.165, 1.54) is 0 Å². The minimum absolute atomic E-state index is 0.146. The summed E-state index contributed by atoms with van der Waals surface area (Å²) in [5.41, 5.74) is 0.308. The predicted molar refractivity (Wildman–Crippen MR) is 45.4 cm³/mol. The number of nitriles is 1. The summed E-state index contributed by atoms with van der Waals surface area (Å²) < 4.78 is -0.146. The summed E-state index contributed by atoms with van der Waals surface area (Å²) in [6.45, 7) is 0. The van der Waals surface area contributed by atoms with Crippen LogP contribution in [0.3, 0.4) is 0 Å². The molecule has 0 bridgehead atoms. The molecule has 0 saturated heterocycles. The minimum Gasteiger partial charge on any atom is -0.281 e. The van der Waals surface area contributed by atoms with E-state index in [4.69, 9.17) is 5.26 Å². The van der Waals surface area contributed by atoms with Gasteiger partial charge in [0.1, 0.15) is 11.6 Å². The van der Waals surface area contributed by atoms with Crippen LogP contribution in [0.5, 0.6) is 0 Å². The van der Waals surface area contributed by atoms with Crippen molar-refractivity contribution < 1.29 is 4.79 Å². The fourth-order valence-electron chi connectivity index (χ4n) is 0.645. The van der Waals surface area contributed by atoms with Crippen LogP contribution in [0.25, 0.3) is 0 Å². The van der Waals surface area contributed by atoms with Gasteiger partial charge < -0.3 is 0 Å². The maximum Gasteiger partial charge on any atom is 0.232 e. The smallest absolute Gasteiger partial charge is 0.232 e. The van der Waals surface area contributed by atoms with Gasteiger partial charge in [0.15, 0.2) is 0 Å². The summed E-state index contributed by atoms with van der Waals surface area (Å²) in [6, 6.07) is 1.88. The van der Waals surface area contributed by atoms with Gasteiger partial charge in [-0.2, -0.15) is 5.26 Å². The molecule has 0 aliphatic heterocycles. The Balaban J connectivity index is 2.64. The van der Waals surface area contributed by atoms with Crippen LogP contribution < -0.4 is 0 Å². The Labute approximate surface area is 73.0 Å². The monoisotopic (exact) mass is 247 g/mol. The lowest BCUT2D eigenvalue weighted by Gasteiger charge is -1.85. The highest BCUT2D eigenvalue weighted by atomic mass is 127. The Kier molecular flexibility index (Phi) is 2.44. The molecule has 2 nitrogen and oxygen atoms in total. The van der Waals surface area contributed by atoms with E-state index < -0.39 is 0 Å². The molecule has 0 aromatic heterocycles. The lowest BCUT2D eigenvalue weighted by atomic mass is 10.2. The Morgan fingerprint density at radius 1 is 1.70 bits per heavy atom. The zero-order valence-electron chi connectivity index (χ0n) is 5.30. The fourth-order valence-corrected chi connectivity index (χ4v) is 0.946. The summed E-state index contributed by atoms with van der Waals surface area (Å²) in [4.78, 5) is 10.6. The number of carbonyl (C=O) groups is 1. The third-order valence-electron chi connectivity index (χ3n) is 1.36. The number of halogens is 1. The van der Waals surface area contributed by atoms with Crippen molar-refractivity contribution in [2.45, 2.75) is 12.8 Å². The summed E-state index contributed by atoms with van der Waals surface area (Å²) in [6.07, 6.45) is 4.04. The van der Waals surface area contributed by atoms with Crippen molar-refractivity contribution in [3.8, 4) is 6.07 Å². The van der Waals surface area contributed by atoms with Gasteiger partial charge in [0.05, 0.1) is 0 Å². The molecule has 10 heavy (non-hydrogen) atoms. The van der Waals surface area contributed by atoms with Crippen LogP contribution in [0.4, 0.5) is 0 Å². The Hall–Kier alpha value is -0.370. The molecular weight excluding hydrogens is 241 g/mol. The van der Waals surface area contributed by atoms with E-state index in [1.807, 2.05) is 6.07 Å². The first kappa shape index (κ1) is 7.73. The van der Waals surface area contributed by atoms with Crippen LogP contribution >= 0.6 is 22.6 Å². The molecule has 3 heteroatoms. The van der Waals surface area contributed by atoms with Crippen molar-refractivity contribution in [3.05, 3.63) is 11.6 Å². The first-order valence-electron chi connectivity index (χ1n) is 3.06. The summed E-state index contributed by atoms with van der Waals surface area (Å²) >= 11 is 1.64. The van der Waals surface area contributed by atoms with Gasteiger partial charge in [-0.05, 0) is 18.8 Å². The first-order valence-corrected chi connectivity index (χ1v) is 4.13. The molecule has 0 atom stereocenters. The largest absolute Gasteiger partial charge is 0.281 e. The SMILES string of the molecule is N#C/C(=C\C1CC1)C(=O)I. The molecular formula is C7H6INO. The van der Waals surface area contributed by atoms with Gasteiger partial charge in [0.2, 0.25) is 3.79 Å². The van der Waals surface area contributed by atoms with Gasteiger partial charge in [-0.3, -0.25) is 4.79 Å². The van der Waals surface area contributed by atoms with Crippen LogP contribution in [0.2, 0.25) is 0 Å². The second kappa shape index (κ2) is 3.15. The molecule has 1 aliphatic carbocycles. The normalized spacial score (nSPS) is 18.2. The second-order valence-electron chi connectivity index (χ2n) is 2.30. The maximum absolute atomic E-state index is 10.6. The second-order valence-corrected chi connectivity index (χ2v) is 3.28. The van der Waals surface area contributed by atoms with Crippen LogP contribution in [-0.2, 0) is 4.79 Å². The number of rotatable bonds is 2. The van der Waals surface area contributed by atoms with Gasteiger partial charge in [0.25, 0.3) is 0 Å². The van der Waals surface area contributed by atoms with Gasteiger partial charge in [-0.25, -0.2) is 0 Å². The lowest BCUT2D eigenvalue weighted by Crippen LogP contribution is -1.88. The van der Waals surface area contributed by atoms with E-state index in [9.17, 15) is 4.79 Å². The first-order chi connectivity index (χ1) is 4.74. The molecule has 0 spiro atoms. The van der Waals surface area contributed by atoms with Crippen LogP contribution in [0.1, 0.15) is 12.8 Å². The number of carbonyl (C=O) groups excluding carboxylic acids is 1. The van der Waals surface area contributed by atoms with Crippen molar-refractivity contribution >= 4 is 26.4 Å². The molecule has 0 N–H and O–H groups in total. The Morgan fingerprint density at radius 2 is 2.30 bits per heavy atom. The van der Waals surface area contributed by atoms with Gasteiger partial charge in [0, 0.05) is 22.6 Å². The van der Waals surface area contributed by atoms with E-state index in [0.717, 1.165) is 12.8 Å². The van der Waals surface area contributed by atoms with E-state index in [0.29, 0.717) is 11.5 Å². The third kappa shape index (κ3) is 2.10. The van der Waals surface area contributed by atoms with Gasteiger partial charge >= 0.3 is 0 Å². The van der Waals surface area contributed by atoms with Crippen molar-refractivity contribution in [1.82, 2.24) is 0 Å². The van der Waals surface area contributed by atoms with E-state index in [-0.39, 0.29) is 3.79 Å². The maximum atomic E-state index is 10.6. The van der Waals surface area contributed by atoms with Crippen LogP contribution in [0.15, 0.2) is 11.6 Å². The molecule has 1 saturated carbocycles. The van der Waals surface area contributed by atoms with Crippen LogP contribution in [0, 0.1) is 17.2 Å². The zero-order chi connectivity index (χ0) is 7.56. The molecule has 0 heterocycles. The highest BCUT2D eigenvalue weighted by Crippen LogP contribution is 2.31. The van der Waals surface area contributed by atoms with E-state index in [2.05, 4.69) is 0 Å². The summed E-state index contributed by atoms with van der Waals surface area (Å²) in [5.74, 6) is 0.508. The Bertz CT molecular complexity index is 222. The van der Waals surface area contributed by atoms with Crippen molar-refractivity contribution in [1.29, 1.82) is 5.26 Å². The Morgan fingerprint density at radius 3 is 2.60 bits per heavy atom. The highest BCUT2D eigenvalue weighted by Gasteiger charge is 2.20. The van der Waals surface area contributed by atoms with Crippen molar-refractivity contribution in [2.24, 2.45) is 5.92 Å². The number of hydrogen-bond acceptors (Lipinski definition) is 2.